The highest BCUT2D eigenvalue weighted by molar-refractivity contribution is 7.90. The van der Waals surface area contributed by atoms with Crippen LogP contribution in [-0.2, 0) is 20.4 Å². The summed E-state index contributed by atoms with van der Waals surface area (Å²) < 4.78 is 30.2. The molecule has 2 aromatic rings. The van der Waals surface area contributed by atoms with Gasteiger partial charge in [-0.1, -0.05) is 36.4 Å². The molecule has 29 heavy (non-hydrogen) atoms. The second kappa shape index (κ2) is 10.2. The number of ether oxygens (including phenoxy) is 1. The zero-order valence-electron chi connectivity index (χ0n) is 15.8. The summed E-state index contributed by atoms with van der Waals surface area (Å²) in [6.45, 7) is -0.302. The Kier molecular flexibility index (Phi) is 7.74. The van der Waals surface area contributed by atoms with Crippen molar-refractivity contribution in [3.05, 3.63) is 65.7 Å². The summed E-state index contributed by atoms with van der Waals surface area (Å²) in [5, 5.41) is 13.4. The van der Waals surface area contributed by atoms with Crippen molar-refractivity contribution in [3.8, 4) is 11.8 Å². The molecule has 0 aromatic heterocycles. The predicted octanol–water partition coefficient (Wildman–Crippen LogP) is 1.05. The summed E-state index contributed by atoms with van der Waals surface area (Å²) in [5.74, 6) is -1.81. The van der Waals surface area contributed by atoms with Crippen molar-refractivity contribution < 1.29 is 22.7 Å². The lowest BCUT2D eigenvalue weighted by molar-refractivity contribution is -0.122. The maximum Gasteiger partial charge on any atom is 0.252 e. The van der Waals surface area contributed by atoms with Crippen molar-refractivity contribution >= 4 is 21.7 Å². The third-order valence-electron chi connectivity index (χ3n) is 3.95. The zero-order valence-corrected chi connectivity index (χ0v) is 16.6. The lowest BCUT2D eigenvalue weighted by Gasteiger charge is -2.18. The number of sulfone groups is 1. The molecular formula is C20H21N3O5S. The lowest BCUT2D eigenvalue weighted by Crippen LogP contribution is -2.50. The maximum absolute atomic E-state index is 12.6. The summed E-state index contributed by atoms with van der Waals surface area (Å²) >= 11 is 0. The van der Waals surface area contributed by atoms with E-state index in [4.69, 9.17) is 10.00 Å². The van der Waals surface area contributed by atoms with E-state index in [-0.39, 0.29) is 17.9 Å². The van der Waals surface area contributed by atoms with Gasteiger partial charge in [0.05, 0.1) is 24.7 Å². The Balaban J connectivity index is 2.18. The predicted molar refractivity (Wildman–Crippen MR) is 107 cm³/mol. The SMILES string of the molecule is COc1cccc(C(=O)NC(CS(=O)(=O)Cc2ccccc2)C(=O)NCC#N)c1. The van der Waals surface area contributed by atoms with Gasteiger partial charge in [0.2, 0.25) is 5.91 Å². The van der Waals surface area contributed by atoms with Crippen LogP contribution in [0, 0.1) is 11.3 Å². The van der Waals surface area contributed by atoms with Crippen molar-refractivity contribution in [3.63, 3.8) is 0 Å². The monoisotopic (exact) mass is 415 g/mol. The van der Waals surface area contributed by atoms with Crippen molar-refractivity contribution in [1.82, 2.24) is 10.6 Å². The fraction of sp³-hybridized carbons (Fsp3) is 0.250. The van der Waals surface area contributed by atoms with Gasteiger partial charge in [-0.25, -0.2) is 8.42 Å². The topological polar surface area (TPSA) is 125 Å². The van der Waals surface area contributed by atoms with Crippen LogP contribution in [0.15, 0.2) is 54.6 Å². The molecule has 0 heterocycles. The molecule has 152 valence electrons. The number of benzene rings is 2. The third-order valence-corrected chi connectivity index (χ3v) is 5.56. The van der Waals surface area contributed by atoms with E-state index in [0.717, 1.165) is 0 Å². The first-order chi connectivity index (χ1) is 13.8. The fourth-order valence-corrected chi connectivity index (χ4v) is 4.14. The summed E-state index contributed by atoms with van der Waals surface area (Å²) in [6.07, 6.45) is 0. The van der Waals surface area contributed by atoms with Crippen LogP contribution in [0.4, 0.5) is 0 Å². The first-order valence-electron chi connectivity index (χ1n) is 8.68. The summed E-state index contributed by atoms with van der Waals surface area (Å²) in [5.41, 5.74) is 0.783. The highest BCUT2D eigenvalue weighted by atomic mass is 32.2. The van der Waals surface area contributed by atoms with Gasteiger partial charge in [-0.15, -0.1) is 0 Å². The molecule has 2 amide bonds. The van der Waals surface area contributed by atoms with E-state index in [0.29, 0.717) is 11.3 Å². The molecule has 0 saturated heterocycles. The molecule has 1 unspecified atom stereocenters. The summed E-state index contributed by atoms with van der Waals surface area (Å²) in [6, 6.07) is 15.2. The van der Waals surface area contributed by atoms with Crippen LogP contribution in [-0.4, -0.2) is 45.7 Å². The van der Waals surface area contributed by atoms with Crippen molar-refractivity contribution in [2.75, 3.05) is 19.4 Å². The number of hydrogen-bond donors (Lipinski definition) is 2. The number of nitrogens with one attached hydrogen (secondary N) is 2. The molecule has 0 radical (unpaired) electrons. The van der Waals surface area contributed by atoms with Crippen LogP contribution >= 0.6 is 0 Å². The van der Waals surface area contributed by atoms with Gasteiger partial charge in [-0.05, 0) is 23.8 Å². The Morgan fingerprint density at radius 3 is 2.52 bits per heavy atom. The van der Waals surface area contributed by atoms with Crippen LogP contribution < -0.4 is 15.4 Å². The van der Waals surface area contributed by atoms with Gasteiger partial charge in [-0.2, -0.15) is 5.26 Å². The quantitative estimate of drug-likeness (QED) is 0.590. The first-order valence-corrected chi connectivity index (χ1v) is 10.5. The number of rotatable bonds is 9. The minimum absolute atomic E-state index is 0.211. The second-order valence-electron chi connectivity index (χ2n) is 6.17. The van der Waals surface area contributed by atoms with Gasteiger partial charge in [0.15, 0.2) is 9.84 Å². The molecule has 0 aliphatic rings. The minimum atomic E-state index is -3.73. The smallest absolute Gasteiger partial charge is 0.252 e. The van der Waals surface area contributed by atoms with Crippen molar-refractivity contribution in [2.45, 2.75) is 11.8 Å². The van der Waals surface area contributed by atoms with Crippen LogP contribution in [0.3, 0.4) is 0 Å². The van der Waals surface area contributed by atoms with Gasteiger partial charge >= 0.3 is 0 Å². The van der Waals surface area contributed by atoms with E-state index in [1.54, 1.807) is 48.5 Å². The van der Waals surface area contributed by atoms with E-state index in [9.17, 15) is 18.0 Å². The second-order valence-corrected chi connectivity index (χ2v) is 8.28. The molecule has 8 nitrogen and oxygen atoms in total. The van der Waals surface area contributed by atoms with Crippen LogP contribution in [0.25, 0.3) is 0 Å². The van der Waals surface area contributed by atoms with Gasteiger partial charge in [0.25, 0.3) is 5.91 Å². The number of amides is 2. The van der Waals surface area contributed by atoms with Gasteiger partial charge in [-0.3, -0.25) is 9.59 Å². The average molecular weight is 415 g/mol. The number of hydrogen-bond acceptors (Lipinski definition) is 6. The Hall–Kier alpha value is -3.38. The number of carbonyl (C=O) groups excluding carboxylic acids is 2. The third kappa shape index (κ3) is 6.93. The molecule has 2 rings (SSSR count). The number of nitrogens with zero attached hydrogens (tertiary/aromatic N) is 1. The average Bonchev–Trinajstić information content (AvgIpc) is 2.71. The van der Waals surface area contributed by atoms with Crippen LogP contribution in [0.2, 0.25) is 0 Å². The minimum Gasteiger partial charge on any atom is -0.497 e. The van der Waals surface area contributed by atoms with Gasteiger partial charge in [0.1, 0.15) is 18.3 Å². The molecule has 0 saturated carbocycles. The summed E-state index contributed by atoms with van der Waals surface area (Å²) in [7, 11) is -2.28. The van der Waals surface area contributed by atoms with E-state index in [1.165, 1.54) is 19.2 Å². The molecular weight excluding hydrogens is 394 g/mol. The summed E-state index contributed by atoms with van der Waals surface area (Å²) in [4.78, 5) is 24.9. The maximum atomic E-state index is 12.6. The van der Waals surface area contributed by atoms with E-state index < -0.39 is 33.4 Å². The van der Waals surface area contributed by atoms with Crippen molar-refractivity contribution in [1.29, 1.82) is 5.26 Å². The van der Waals surface area contributed by atoms with Crippen molar-refractivity contribution in [2.24, 2.45) is 0 Å². The van der Waals surface area contributed by atoms with E-state index in [1.807, 2.05) is 0 Å². The Morgan fingerprint density at radius 1 is 1.14 bits per heavy atom. The molecule has 1 atom stereocenters. The van der Waals surface area contributed by atoms with Crippen LogP contribution in [0.5, 0.6) is 5.75 Å². The highest BCUT2D eigenvalue weighted by Crippen LogP contribution is 2.13. The Bertz CT molecular complexity index is 1000. The fourth-order valence-electron chi connectivity index (χ4n) is 2.58. The van der Waals surface area contributed by atoms with Crippen LogP contribution in [0.1, 0.15) is 15.9 Å². The molecule has 0 spiro atoms. The standard InChI is InChI=1S/C20H21N3O5S/c1-28-17-9-5-8-16(12-17)19(24)23-18(20(25)22-11-10-21)14-29(26,27)13-15-6-3-2-4-7-15/h2-9,12,18H,11,13-14H2,1H3,(H,22,25)(H,23,24). The molecule has 9 heteroatoms. The van der Waals surface area contributed by atoms with E-state index >= 15 is 0 Å². The van der Waals surface area contributed by atoms with E-state index in [2.05, 4.69) is 10.6 Å². The largest absolute Gasteiger partial charge is 0.497 e. The molecule has 0 bridgehead atoms. The molecule has 0 aliphatic carbocycles. The number of nitriles is 1. The molecule has 2 aromatic carbocycles. The van der Waals surface area contributed by atoms with Gasteiger partial charge < -0.3 is 15.4 Å². The molecule has 0 aliphatic heterocycles. The van der Waals surface area contributed by atoms with Gasteiger partial charge in [0, 0.05) is 5.56 Å². The Labute approximate surface area is 169 Å². The highest BCUT2D eigenvalue weighted by Gasteiger charge is 2.27. The lowest BCUT2D eigenvalue weighted by atomic mass is 10.2. The number of carbonyl (C=O) groups is 2. The zero-order chi connectivity index (χ0) is 21.3. The number of methoxy groups -OCH3 is 1. The Morgan fingerprint density at radius 2 is 1.86 bits per heavy atom. The molecule has 0 fully saturated rings. The first kappa shape index (κ1) is 21.9. The normalized spacial score (nSPS) is 11.7. The molecule has 2 N–H and O–H groups in total.